The number of carbonyl (C=O) groups is 1. The molecule has 0 radical (unpaired) electrons. The van der Waals surface area contributed by atoms with Gasteiger partial charge in [0.2, 0.25) is 5.95 Å². The van der Waals surface area contributed by atoms with Crippen molar-refractivity contribution in [2.75, 3.05) is 10.6 Å². The fourth-order valence-electron chi connectivity index (χ4n) is 3.12. The summed E-state index contributed by atoms with van der Waals surface area (Å²) in [6.07, 6.45) is 7.70. The molecule has 0 bridgehead atoms. The van der Waals surface area contributed by atoms with E-state index in [4.69, 9.17) is 0 Å². The zero-order chi connectivity index (χ0) is 16.9. The van der Waals surface area contributed by atoms with Crippen molar-refractivity contribution in [1.82, 2.24) is 9.97 Å². The predicted molar refractivity (Wildman–Crippen MR) is 96.4 cm³/mol. The number of rotatable bonds is 4. The third-order valence-electron chi connectivity index (χ3n) is 4.46. The van der Waals surface area contributed by atoms with Gasteiger partial charge in [-0.05, 0) is 44.4 Å². The van der Waals surface area contributed by atoms with Gasteiger partial charge < -0.3 is 10.6 Å². The van der Waals surface area contributed by atoms with Crippen LogP contribution in [0.5, 0.6) is 0 Å². The average molecular weight is 324 g/mol. The lowest BCUT2D eigenvalue weighted by Crippen LogP contribution is -2.24. The molecule has 2 N–H and O–H groups in total. The molecular formula is C19H24N4O. The molecule has 5 nitrogen and oxygen atoms in total. The molecule has 24 heavy (non-hydrogen) atoms. The maximum Gasteiger partial charge on any atom is 0.274 e. The molecule has 0 aliphatic heterocycles. The number of aromatic nitrogens is 2. The van der Waals surface area contributed by atoms with Crippen LogP contribution in [0.4, 0.5) is 11.6 Å². The van der Waals surface area contributed by atoms with Crippen LogP contribution in [0.2, 0.25) is 0 Å². The SMILES string of the molecule is Cc1ccc(NC(=O)c2ccnc(NC3CCCCC3)n2)c(C)c1. The third kappa shape index (κ3) is 4.10. The molecule has 1 amide bonds. The number of hydrogen-bond acceptors (Lipinski definition) is 4. The van der Waals surface area contributed by atoms with Gasteiger partial charge in [0.25, 0.3) is 5.91 Å². The number of amides is 1. The van der Waals surface area contributed by atoms with Crippen molar-refractivity contribution in [3.63, 3.8) is 0 Å². The Bertz CT molecular complexity index is 723. The zero-order valence-electron chi connectivity index (χ0n) is 14.3. The Kier molecular flexibility index (Phi) is 5.08. The summed E-state index contributed by atoms with van der Waals surface area (Å²) in [6, 6.07) is 8.01. The van der Waals surface area contributed by atoms with Crippen molar-refractivity contribution in [3.8, 4) is 0 Å². The van der Waals surface area contributed by atoms with Gasteiger partial charge in [0, 0.05) is 17.9 Å². The quantitative estimate of drug-likeness (QED) is 0.889. The maximum absolute atomic E-state index is 12.5. The van der Waals surface area contributed by atoms with E-state index in [-0.39, 0.29) is 5.91 Å². The predicted octanol–water partition coefficient (Wildman–Crippen LogP) is 4.09. The van der Waals surface area contributed by atoms with Crippen LogP contribution in [-0.2, 0) is 0 Å². The van der Waals surface area contributed by atoms with Gasteiger partial charge in [0.1, 0.15) is 5.69 Å². The average Bonchev–Trinajstić information content (AvgIpc) is 2.58. The number of nitrogens with one attached hydrogen (secondary N) is 2. The van der Waals surface area contributed by atoms with Crippen molar-refractivity contribution < 1.29 is 4.79 Å². The van der Waals surface area contributed by atoms with Gasteiger partial charge in [-0.15, -0.1) is 0 Å². The lowest BCUT2D eigenvalue weighted by Gasteiger charge is -2.22. The smallest absolute Gasteiger partial charge is 0.274 e. The Balaban J connectivity index is 1.69. The molecule has 1 aliphatic carbocycles. The molecular weight excluding hydrogens is 300 g/mol. The Morgan fingerprint density at radius 3 is 2.67 bits per heavy atom. The first-order valence-electron chi connectivity index (χ1n) is 8.60. The highest BCUT2D eigenvalue weighted by Crippen LogP contribution is 2.20. The number of anilines is 2. The fraction of sp³-hybridized carbons (Fsp3) is 0.421. The molecule has 1 saturated carbocycles. The normalized spacial score (nSPS) is 15.1. The molecule has 1 aliphatic rings. The van der Waals surface area contributed by atoms with E-state index in [2.05, 4.69) is 20.6 Å². The fourth-order valence-corrected chi connectivity index (χ4v) is 3.12. The van der Waals surface area contributed by atoms with E-state index in [1.165, 1.54) is 24.8 Å². The van der Waals surface area contributed by atoms with Gasteiger partial charge in [-0.2, -0.15) is 0 Å². The summed E-state index contributed by atoms with van der Waals surface area (Å²) in [7, 11) is 0. The third-order valence-corrected chi connectivity index (χ3v) is 4.46. The summed E-state index contributed by atoms with van der Waals surface area (Å²) in [5.41, 5.74) is 3.40. The van der Waals surface area contributed by atoms with Crippen LogP contribution in [0.15, 0.2) is 30.5 Å². The van der Waals surface area contributed by atoms with E-state index in [9.17, 15) is 4.79 Å². The van der Waals surface area contributed by atoms with Crippen molar-refractivity contribution in [3.05, 3.63) is 47.3 Å². The summed E-state index contributed by atoms with van der Waals surface area (Å²) in [5, 5.41) is 6.28. The van der Waals surface area contributed by atoms with Crippen LogP contribution >= 0.6 is 0 Å². The minimum absolute atomic E-state index is 0.212. The summed E-state index contributed by atoms with van der Waals surface area (Å²) in [6.45, 7) is 4.02. The Labute approximate surface area is 142 Å². The van der Waals surface area contributed by atoms with Gasteiger partial charge in [0.05, 0.1) is 0 Å². The van der Waals surface area contributed by atoms with E-state index in [0.717, 1.165) is 24.1 Å². The number of hydrogen-bond donors (Lipinski definition) is 2. The van der Waals surface area contributed by atoms with Crippen molar-refractivity contribution >= 4 is 17.5 Å². The van der Waals surface area contributed by atoms with Gasteiger partial charge >= 0.3 is 0 Å². The minimum atomic E-state index is -0.212. The lowest BCUT2D eigenvalue weighted by molar-refractivity contribution is 0.102. The lowest BCUT2D eigenvalue weighted by atomic mass is 9.96. The van der Waals surface area contributed by atoms with Crippen molar-refractivity contribution in [2.24, 2.45) is 0 Å². The molecule has 1 fully saturated rings. The number of carbonyl (C=O) groups excluding carboxylic acids is 1. The van der Waals surface area contributed by atoms with Gasteiger partial charge in [0.15, 0.2) is 0 Å². The standard InChI is InChI=1S/C19H24N4O/c1-13-8-9-16(14(2)12-13)22-18(24)17-10-11-20-19(23-17)21-15-6-4-3-5-7-15/h8-12,15H,3-7H2,1-2H3,(H,22,24)(H,20,21,23). The molecule has 5 heteroatoms. The topological polar surface area (TPSA) is 66.9 Å². The van der Waals surface area contributed by atoms with E-state index >= 15 is 0 Å². The van der Waals surface area contributed by atoms with E-state index < -0.39 is 0 Å². The summed E-state index contributed by atoms with van der Waals surface area (Å²) in [4.78, 5) is 21.1. The van der Waals surface area contributed by atoms with E-state index in [1.807, 2.05) is 32.0 Å². The zero-order valence-corrected chi connectivity index (χ0v) is 14.3. The monoisotopic (exact) mass is 324 g/mol. The molecule has 0 unspecified atom stereocenters. The number of nitrogens with zero attached hydrogens (tertiary/aromatic N) is 2. The molecule has 1 aromatic carbocycles. The van der Waals surface area contributed by atoms with Crippen LogP contribution in [0.3, 0.4) is 0 Å². The van der Waals surface area contributed by atoms with E-state index in [1.54, 1.807) is 12.3 Å². The number of aryl methyl sites for hydroxylation is 2. The van der Waals surface area contributed by atoms with Crippen LogP contribution in [0.25, 0.3) is 0 Å². The molecule has 3 rings (SSSR count). The summed E-state index contributed by atoms with van der Waals surface area (Å²) in [5.74, 6) is 0.325. The van der Waals surface area contributed by atoms with Crippen LogP contribution in [-0.4, -0.2) is 21.9 Å². The van der Waals surface area contributed by atoms with Crippen LogP contribution in [0, 0.1) is 13.8 Å². The highest BCUT2D eigenvalue weighted by molar-refractivity contribution is 6.03. The Morgan fingerprint density at radius 2 is 1.92 bits per heavy atom. The van der Waals surface area contributed by atoms with Crippen molar-refractivity contribution in [2.45, 2.75) is 52.0 Å². The first-order chi connectivity index (χ1) is 11.6. The molecule has 0 saturated heterocycles. The summed E-state index contributed by atoms with van der Waals surface area (Å²) >= 11 is 0. The first kappa shape index (κ1) is 16.4. The maximum atomic E-state index is 12.5. The van der Waals surface area contributed by atoms with Gasteiger partial charge in [-0.1, -0.05) is 37.0 Å². The molecule has 1 heterocycles. The number of benzene rings is 1. The Hall–Kier alpha value is -2.43. The summed E-state index contributed by atoms with van der Waals surface area (Å²) < 4.78 is 0. The minimum Gasteiger partial charge on any atom is -0.351 e. The highest BCUT2D eigenvalue weighted by Gasteiger charge is 2.15. The molecule has 2 aromatic rings. The largest absolute Gasteiger partial charge is 0.351 e. The second-order valence-corrected chi connectivity index (χ2v) is 6.52. The first-order valence-corrected chi connectivity index (χ1v) is 8.60. The van der Waals surface area contributed by atoms with Gasteiger partial charge in [-0.3, -0.25) is 4.79 Å². The Morgan fingerprint density at radius 1 is 1.12 bits per heavy atom. The highest BCUT2D eigenvalue weighted by atomic mass is 16.1. The van der Waals surface area contributed by atoms with E-state index in [0.29, 0.717) is 17.7 Å². The second kappa shape index (κ2) is 7.43. The molecule has 126 valence electrons. The van der Waals surface area contributed by atoms with Crippen molar-refractivity contribution in [1.29, 1.82) is 0 Å². The molecule has 1 aromatic heterocycles. The molecule has 0 spiro atoms. The van der Waals surface area contributed by atoms with Crippen LogP contribution < -0.4 is 10.6 Å². The second-order valence-electron chi connectivity index (χ2n) is 6.52. The van der Waals surface area contributed by atoms with Crippen LogP contribution in [0.1, 0.15) is 53.7 Å². The van der Waals surface area contributed by atoms with Gasteiger partial charge in [-0.25, -0.2) is 9.97 Å². The molecule has 0 atom stereocenters.